The molecule has 0 saturated carbocycles. The van der Waals surface area contributed by atoms with Crippen LogP contribution in [-0.4, -0.2) is 50.9 Å². The van der Waals surface area contributed by atoms with Gasteiger partial charge in [0.2, 0.25) is 11.8 Å². The fourth-order valence-corrected chi connectivity index (χ4v) is 2.77. The molecule has 0 atom stereocenters. The van der Waals surface area contributed by atoms with E-state index < -0.39 is 0 Å². The van der Waals surface area contributed by atoms with E-state index in [1.807, 2.05) is 6.92 Å². The highest BCUT2D eigenvalue weighted by molar-refractivity contribution is 6.02. The molecular weight excluding hydrogens is 376 g/mol. The number of carbonyl (C=O) groups excluding carboxylic acids is 1. The Morgan fingerprint density at radius 3 is 2.55 bits per heavy atom. The molecule has 9 nitrogen and oxygen atoms in total. The number of nitrogens with one attached hydrogen (secondary N) is 2. The smallest absolute Gasteiger partial charge is 0.257 e. The second-order valence-electron chi connectivity index (χ2n) is 6.46. The van der Waals surface area contributed by atoms with Crippen molar-refractivity contribution in [2.24, 2.45) is 4.99 Å². The quantitative estimate of drug-likeness (QED) is 0.317. The first kappa shape index (κ1) is 19.9. The number of anilines is 2. The van der Waals surface area contributed by atoms with Gasteiger partial charge in [-0.2, -0.15) is 0 Å². The van der Waals surface area contributed by atoms with E-state index in [9.17, 15) is 20.1 Å². The van der Waals surface area contributed by atoms with E-state index in [4.69, 9.17) is 4.42 Å². The van der Waals surface area contributed by atoms with Crippen LogP contribution in [0.25, 0.3) is 0 Å². The van der Waals surface area contributed by atoms with E-state index in [1.165, 1.54) is 23.3 Å². The monoisotopic (exact) mass is 398 g/mol. The first-order valence-corrected chi connectivity index (χ1v) is 8.89. The molecule has 0 aliphatic heterocycles. The molecule has 0 unspecified atom stereocenters. The highest BCUT2D eigenvalue weighted by Crippen LogP contribution is 2.45. The molecule has 1 aromatic carbocycles. The van der Waals surface area contributed by atoms with E-state index in [-0.39, 0.29) is 46.0 Å². The Hall–Kier alpha value is -3.88. The summed E-state index contributed by atoms with van der Waals surface area (Å²) in [4.78, 5) is 20.4. The number of aromatic hydroxyl groups is 3. The fraction of sp³-hybridized carbons (Fsp3) is 0.200. The lowest BCUT2D eigenvalue weighted by Crippen LogP contribution is -2.21. The molecule has 0 radical (unpaired) electrons. The van der Waals surface area contributed by atoms with Crippen LogP contribution in [0, 0.1) is 0 Å². The van der Waals surface area contributed by atoms with Crippen molar-refractivity contribution in [3.8, 4) is 17.5 Å². The Kier molecular flexibility index (Phi) is 5.49. The molecule has 0 bridgehead atoms. The summed E-state index contributed by atoms with van der Waals surface area (Å²) in [5.74, 6) is -0.873. The largest absolute Gasteiger partial charge is 0.505 e. The first-order chi connectivity index (χ1) is 13.8. The van der Waals surface area contributed by atoms with E-state index in [2.05, 4.69) is 15.3 Å². The molecule has 2 aromatic heterocycles. The third kappa shape index (κ3) is 3.88. The Labute approximate surface area is 166 Å². The van der Waals surface area contributed by atoms with Gasteiger partial charge in [-0.25, -0.2) is 4.99 Å². The van der Waals surface area contributed by atoms with Crippen molar-refractivity contribution in [1.29, 1.82) is 0 Å². The number of nitrogens with zero attached hydrogens (tertiary/aromatic N) is 2. The summed E-state index contributed by atoms with van der Waals surface area (Å²) in [6.45, 7) is 1.88. The van der Waals surface area contributed by atoms with Crippen LogP contribution in [0.2, 0.25) is 0 Å². The minimum atomic E-state index is -0.378. The molecular formula is C20H22N4O5. The van der Waals surface area contributed by atoms with Gasteiger partial charge in [-0.3, -0.25) is 9.78 Å². The number of aromatic amines is 1. The third-order valence-corrected chi connectivity index (χ3v) is 4.25. The van der Waals surface area contributed by atoms with Gasteiger partial charge in [0.25, 0.3) is 5.91 Å². The molecule has 3 aromatic rings. The summed E-state index contributed by atoms with van der Waals surface area (Å²) in [6.07, 6.45) is 2.02. The van der Waals surface area contributed by atoms with E-state index in [0.29, 0.717) is 17.9 Å². The molecule has 1 amide bonds. The average molecular weight is 398 g/mol. The normalized spacial score (nSPS) is 11.5. The zero-order valence-corrected chi connectivity index (χ0v) is 16.2. The topological polar surface area (TPSA) is 134 Å². The molecule has 5 N–H and O–H groups in total. The van der Waals surface area contributed by atoms with Gasteiger partial charge >= 0.3 is 0 Å². The van der Waals surface area contributed by atoms with Crippen LogP contribution < -0.4 is 5.32 Å². The molecule has 29 heavy (non-hydrogen) atoms. The number of aromatic nitrogens is 1. The van der Waals surface area contributed by atoms with E-state index >= 15 is 0 Å². The van der Waals surface area contributed by atoms with Crippen LogP contribution in [0.15, 0.2) is 46.0 Å². The van der Waals surface area contributed by atoms with Gasteiger partial charge in [0, 0.05) is 14.1 Å². The molecule has 9 heteroatoms. The minimum Gasteiger partial charge on any atom is -0.505 e. The number of amides is 1. The van der Waals surface area contributed by atoms with Gasteiger partial charge in [-0.05, 0) is 30.7 Å². The number of hydrogen-bond donors (Lipinski definition) is 5. The number of H-pyrrole nitrogens is 1. The van der Waals surface area contributed by atoms with Gasteiger partial charge in [0.1, 0.15) is 11.4 Å². The maximum absolute atomic E-state index is 12.2. The second kappa shape index (κ2) is 8.01. The van der Waals surface area contributed by atoms with Crippen molar-refractivity contribution in [2.75, 3.05) is 19.4 Å². The van der Waals surface area contributed by atoms with Crippen molar-refractivity contribution in [2.45, 2.75) is 13.3 Å². The molecule has 0 aliphatic carbocycles. The van der Waals surface area contributed by atoms with Crippen LogP contribution in [-0.2, 0) is 0 Å². The van der Waals surface area contributed by atoms with Crippen molar-refractivity contribution < 1.29 is 24.5 Å². The standard InChI is InChI=1S/C20H22N4O5/c1-4-12(14-9-6-10-29-14)21-15-16(19(27)23-18(15)26)22-13-8-5-7-11(17(13)25)20(28)24(2)3/h5-10,22-23,25-27H,4H2,1-3H3. The second-order valence-corrected chi connectivity index (χ2v) is 6.46. The number of hydrogen-bond acceptors (Lipinski definition) is 7. The molecule has 0 saturated heterocycles. The molecule has 0 spiro atoms. The summed E-state index contributed by atoms with van der Waals surface area (Å²) in [7, 11) is 3.15. The maximum Gasteiger partial charge on any atom is 0.257 e. The molecule has 3 rings (SSSR count). The minimum absolute atomic E-state index is 0.0412. The van der Waals surface area contributed by atoms with Gasteiger partial charge in [0.15, 0.2) is 11.4 Å². The SMILES string of the molecule is CCC(=Nc1c(O)[nH]c(O)c1Nc1cccc(C(=O)N(C)C)c1O)c1ccco1. The predicted molar refractivity (Wildman–Crippen MR) is 109 cm³/mol. The van der Waals surface area contributed by atoms with Gasteiger partial charge in [0.05, 0.1) is 23.2 Å². The number of para-hydroxylation sites is 1. The van der Waals surface area contributed by atoms with Crippen molar-refractivity contribution in [1.82, 2.24) is 9.88 Å². The lowest BCUT2D eigenvalue weighted by molar-refractivity contribution is 0.0824. The first-order valence-electron chi connectivity index (χ1n) is 8.89. The average Bonchev–Trinajstić information content (AvgIpc) is 3.30. The van der Waals surface area contributed by atoms with Crippen LogP contribution in [0.5, 0.6) is 17.5 Å². The van der Waals surface area contributed by atoms with E-state index in [1.54, 1.807) is 32.3 Å². The van der Waals surface area contributed by atoms with Crippen LogP contribution >= 0.6 is 0 Å². The number of benzene rings is 1. The number of rotatable bonds is 6. The maximum atomic E-state index is 12.2. The molecule has 0 aliphatic rings. The lowest BCUT2D eigenvalue weighted by Gasteiger charge is -2.14. The van der Waals surface area contributed by atoms with E-state index in [0.717, 1.165) is 0 Å². The summed E-state index contributed by atoms with van der Waals surface area (Å²) in [5.41, 5.74) is 0.894. The number of carbonyl (C=O) groups is 1. The highest BCUT2D eigenvalue weighted by atomic mass is 16.3. The predicted octanol–water partition coefficient (Wildman–Crippen LogP) is 3.70. The van der Waals surface area contributed by atoms with Crippen LogP contribution in [0.1, 0.15) is 29.5 Å². The van der Waals surface area contributed by atoms with Crippen LogP contribution in [0.3, 0.4) is 0 Å². The van der Waals surface area contributed by atoms with Crippen molar-refractivity contribution in [3.05, 3.63) is 47.9 Å². The number of furan rings is 1. The zero-order chi connectivity index (χ0) is 21.1. The van der Waals surface area contributed by atoms with Crippen LogP contribution in [0.4, 0.5) is 17.1 Å². The van der Waals surface area contributed by atoms with Crippen molar-refractivity contribution in [3.63, 3.8) is 0 Å². The number of phenols is 1. The molecule has 2 heterocycles. The highest BCUT2D eigenvalue weighted by Gasteiger charge is 2.21. The summed E-state index contributed by atoms with van der Waals surface area (Å²) in [6, 6.07) is 8.07. The fourth-order valence-electron chi connectivity index (χ4n) is 2.77. The molecule has 152 valence electrons. The Balaban J connectivity index is 2.04. The Morgan fingerprint density at radius 2 is 1.93 bits per heavy atom. The number of aliphatic imine (C=N–C) groups is 1. The third-order valence-electron chi connectivity index (χ3n) is 4.25. The van der Waals surface area contributed by atoms with Crippen molar-refractivity contribution >= 4 is 28.7 Å². The van der Waals surface area contributed by atoms with Gasteiger partial charge in [-0.15, -0.1) is 0 Å². The Bertz CT molecular complexity index is 1050. The lowest BCUT2D eigenvalue weighted by atomic mass is 10.1. The summed E-state index contributed by atoms with van der Waals surface area (Å²) >= 11 is 0. The van der Waals surface area contributed by atoms with Gasteiger partial charge < -0.3 is 30.0 Å². The molecule has 0 fully saturated rings. The van der Waals surface area contributed by atoms with Gasteiger partial charge in [-0.1, -0.05) is 13.0 Å². The Morgan fingerprint density at radius 1 is 1.17 bits per heavy atom. The zero-order valence-electron chi connectivity index (χ0n) is 16.2. The summed E-state index contributed by atoms with van der Waals surface area (Å²) < 4.78 is 5.36. The number of phenolic OH excluding ortho intramolecular Hbond substituents is 1. The summed E-state index contributed by atoms with van der Waals surface area (Å²) in [5, 5.41) is 33.8.